The van der Waals surface area contributed by atoms with Gasteiger partial charge in [0.25, 0.3) is 0 Å². The summed E-state index contributed by atoms with van der Waals surface area (Å²) in [4.78, 5) is 4.23. The molecule has 0 saturated carbocycles. The molecule has 0 aliphatic heterocycles. The number of hydrogen-bond acceptors (Lipinski definition) is 1. The molecule has 0 N–H and O–H groups in total. The first-order chi connectivity index (χ1) is 6.24. The number of halogens is 1. The van der Waals surface area contributed by atoms with Crippen molar-refractivity contribution in [2.75, 3.05) is 5.88 Å². The van der Waals surface area contributed by atoms with Gasteiger partial charge in [-0.05, 0) is 37.5 Å². The minimum Gasteiger partial charge on any atom is -0.261 e. The molecule has 0 aliphatic carbocycles. The van der Waals surface area contributed by atoms with Crippen molar-refractivity contribution in [3.8, 4) is 0 Å². The van der Waals surface area contributed by atoms with Crippen LogP contribution in [0.15, 0.2) is 24.4 Å². The normalized spacial score (nSPS) is 11.8. The Bertz CT molecular complexity index is 287. The fourth-order valence-corrected chi connectivity index (χ4v) is 1.20. The number of rotatable bonds is 3. The van der Waals surface area contributed by atoms with E-state index < -0.39 is 0 Å². The van der Waals surface area contributed by atoms with Gasteiger partial charge in [-0.1, -0.05) is 12.1 Å². The SMILES string of the molecule is CC(=CCCCl)c1ccc(C)nc1. The molecule has 13 heavy (non-hydrogen) atoms. The Morgan fingerprint density at radius 2 is 2.31 bits per heavy atom. The molecule has 0 fully saturated rings. The van der Waals surface area contributed by atoms with E-state index in [9.17, 15) is 0 Å². The molecule has 0 unspecified atom stereocenters. The lowest BCUT2D eigenvalue weighted by Gasteiger charge is -2.00. The Hall–Kier alpha value is -0.820. The molecular weight excluding hydrogens is 182 g/mol. The van der Waals surface area contributed by atoms with Gasteiger partial charge in [0.15, 0.2) is 0 Å². The summed E-state index contributed by atoms with van der Waals surface area (Å²) in [7, 11) is 0. The van der Waals surface area contributed by atoms with Crippen LogP contribution in [0.3, 0.4) is 0 Å². The number of aryl methyl sites for hydroxylation is 1. The summed E-state index contributed by atoms with van der Waals surface area (Å²) in [6.07, 6.45) is 4.95. The van der Waals surface area contributed by atoms with Crippen molar-refractivity contribution in [1.82, 2.24) is 4.98 Å². The zero-order chi connectivity index (χ0) is 9.68. The summed E-state index contributed by atoms with van der Waals surface area (Å²) >= 11 is 5.60. The van der Waals surface area contributed by atoms with E-state index in [1.807, 2.05) is 19.2 Å². The van der Waals surface area contributed by atoms with E-state index in [4.69, 9.17) is 11.6 Å². The number of allylic oxidation sites excluding steroid dienone is 2. The molecule has 1 rings (SSSR count). The van der Waals surface area contributed by atoms with Crippen LogP contribution in [0.4, 0.5) is 0 Å². The molecule has 1 heterocycles. The quantitative estimate of drug-likeness (QED) is 0.674. The van der Waals surface area contributed by atoms with Crippen LogP contribution in [-0.2, 0) is 0 Å². The van der Waals surface area contributed by atoms with Gasteiger partial charge in [0.2, 0.25) is 0 Å². The summed E-state index contributed by atoms with van der Waals surface area (Å²) < 4.78 is 0. The van der Waals surface area contributed by atoms with Gasteiger partial charge < -0.3 is 0 Å². The van der Waals surface area contributed by atoms with Gasteiger partial charge in [0, 0.05) is 17.8 Å². The molecule has 0 saturated heterocycles. The van der Waals surface area contributed by atoms with E-state index in [1.54, 1.807) is 0 Å². The summed E-state index contributed by atoms with van der Waals surface area (Å²) in [5, 5.41) is 0. The molecule has 0 aliphatic rings. The fourth-order valence-electron chi connectivity index (χ4n) is 1.09. The fraction of sp³-hybridized carbons (Fsp3) is 0.364. The molecule has 0 bridgehead atoms. The van der Waals surface area contributed by atoms with Crippen LogP contribution in [0.1, 0.15) is 24.6 Å². The maximum atomic E-state index is 5.60. The first-order valence-electron chi connectivity index (χ1n) is 4.40. The molecule has 0 spiro atoms. The second-order valence-corrected chi connectivity index (χ2v) is 3.43. The number of hydrogen-bond donors (Lipinski definition) is 0. The Kier molecular flexibility index (Phi) is 3.97. The van der Waals surface area contributed by atoms with Crippen molar-refractivity contribution in [2.45, 2.75) is 20.3 Å². The Morgan fingerprint density at radius 1 is 1.54 bits per heavy atom. The first kappa shape index (κ1) is 10.3. The Balaban J connectivity index is 2.77. The average Bonchev–Trinajstić information content (AvgIpc) is 2.15. The molecule has 2 heteroatoms. The highest BCUT2D eigenvalue weighted by Crippen LogP contribution is 2.13. The predicted octanol–water partition coefficient (Wildman–Crippen LogP) is 3.42. The summed E-state index contributed by atoms with van der Waals surface area (Å²) in [5.41, 5.74) is 3.47. The minimum atomic E-state index is 0.677. The maximum Gasteiger partial charge on any atom is 0.0373 e. The van der Waals surface area contributed by atoms with Crippen LogP contribution in [0.2, 0.25) is 0 Å². The average molecular weight is 196 g/mol. The highest BCUT2D eigenvalue weighted by molar-refractivity contribution is 6.17. The van der Waals surface area contributed by atoms with Crippen molar-refractivity contribution < 1.29 is 0 Å². The number of nitrogens with zero attached hydrogens (tertiary/aromatic N) is 1. The molecular formula is C11H14ClN. The smallest absolute Gasteiger partial charge is 0.0373 e. The lowest BCUT2D eigenvalue weighted by molar-refractivity contribution is 1.18. The zero-order valence-corrected chi connectivity index (χ0v) is 8.80. The minimum absolute atomic E-state index is 0.677. The molecule has 1 aromatic heterocycles. The van der Waals surface area contributed by atoms with Gasteiger partial charge >= 0.3 is 0 Å². The van der Waals surface area contributed by atoms with Gasteiger partial charge in [-0.3, -0.25) is 4.98 Å². The highest BCUT2D eigenvalue weighted by Gasteiger charge is 1.94. The lowest BCUT2D eigenvalue weighted by Crippen LogP contribution is -1.84. The summed E-state index contributed by atoms with van der Waals surface area (Å²) in [6.45, 7) is 4.07. The van der Waals surface area contributed by atoms with Gasteiger partial charge in [-0.25, -0.2) is 0 Å². The van der Waals surface area contributed by atoms with Gasteiger partial charge in [-0.15, -0.1) is 11.6 Å². The largest absolute Gasteiger partial charge is 0.261 e. The van der Waals surface area contributed by atoms with Crippen LogP contribution in [0, 0.1) is 6.92 Å². The molecule has 1 nitrogen and oxygen atoms in total. The Labute approximate surface area is 84.5 Å². The second kappa shape index (κ2) is 5.03. The summed E-state index contributed by atoms with van der Waals surface area (Å²) in [5.74, 6) is 0.677. The second-order valence-electron chi connectivity index (χ2n) is 3.05. The third-order valence-electron chi connectivity index (χ3n) is 1.93. The van der Waals surface area contributed by atoms with Gasteiger partial charge in [0.05, 0.1) is 0 Å². The number of alkyl halides is 1. The molecule has 0 aromatic carbocycles. The predicted molar refractivity (Wildman–Crippen MR) is 58.0 cm³/mol. The molecule has 0 atom stereocenters. The van der Waals surface area contributed by atoms with Crippen LogP contribution >= 0.6 is 11.6 Å². The topological polar surface area (TPSA) is 12.9 Å². The van der Waals surface area contributed by atoms with E-state index in [0.29, 0.717) is 5.88 Å². The van der Waals surface area contributed by atoms with Crippen LogP contribution in [-0.4, -0.2) is 10.9 Å². The van der Waals surface area contributed by atoms with E-state index in [0.717, 1.165) is 12.1 Å². The van der Waals surface area contributed by atoms with E-state index in [1.165, 1.54) is 11.1 Å². The monoisotopic (exact) mass is 195 g/mol. The summed E-state index contributed by atoms with van der Waals surface area (Å²) in [6, 6.07) is 4.11. The molecule has 70 valence electrons. The van der Waals surface area contributed by atoms with Crippen LogP contribution in [0.5, 0.6) is 0 Å². The third kappa shape index (κ3) is 3.19. The van der Waals surface area contributed by atoms with E-state index in [2.05, 4.69) is 24.1 Å². The van der Waals surface area contributed by atoms with Crippen molar-refractivity contribution in [2.24, 2.45) is 0 Å². The van der Waals surface area contributed by atoms with Gasteiger partial charge in [0.1, 0.15) is 0 Å². The van der Waals surface area contributed by atoms with Gasteiger partial charge in [-0.2, -0.15) is 0 Å². The van der Waals surface area contributed by atoms with Crippen LogP contribution < -0.4 is 0 Å². The maximum absolute atomic E-state index is 5.60. The van der Waals surface area contributed by atoms with Crippen molar-refractivity contribution in [3.05, 3.63) is 35.7 Å². The van der Waals surface area contributed by atoms with Crippen molar-refractivity contribution >= 4 is 17.2 Å². The third-order valence-corrected chi connectivity index (χ3v) is 2.14. The van der Waals surface area contributed by atoms with E-state index in [-0.39, 0.29) is 0 Å². The molecule has 0 radical (unpaired) electrons. The van der Waals surface area contributed by atoms with E-state index >= 15 is 0 Å². The lowest BCUT2D eigenvalue weighted by atomic mass is 10.1. The first-order valence-corrected chi connectivity index (χ1v) is 4.93. The Morgan fingerprint density at radius 3 is 2.85 bits per heavy atom. The number of aromatic nitrogens is 1. The van der Waals surface area contributed by atoms with Crippen molar-refractivity contribution in [1.29, 1.82) is 0 Å². The number of pyridine rings is 1. The zero-order valence-electron chi connectivity index (χ0n) is 8.05. The van der Waals surface area contributed by atoms with Crippen molar-refractivity contribution in [3.63, 3.8) is 0 Å². The molecule has 0 amide bonds. The van der Waals surface area contributed by atoms with Crippen LogP contribution in [0.25, 0.3) is 5.57 Å². The molecule has 1 aromatic rings. The highest BCUT2D eigenvalue weighted by atomic mass is 35.5. The standard InChI is InChI=1S/C11H14ClN/c1-9(4-3-7-12)11-6-5-10(2)13-8-11/h4-6,8H,3,7H2,1-2H3.